The fourth-order valence-corrected chi connectivity index (χ4v) is 2.03. The van der Waals surface area contributed by atoms with E-state index in [4.69, 9.17) is 0 Å². The summed E-state index contributed by atoms with van der Waals surface area (Å²) in [5, 5.41) is 20.1. The number of phenols is 2. The number of phenolic OH excluding ortho intramolecular Hbond substituents is 2. The van der Waals surface area contributed by atoms with E-state index in [2.05, 4.69) is 0 Å². The van der Waals surface area contributed by atoms with Crippen molar-refractivity contribution >= 4 is 11.6 Å². The lowest BCUT2D eigenvalue weighted by molar-refractivity contribution is 0.101. The van der Waals surface area contributed by atoms with E-state index in [1.165, 1.54) is 19.9 Å². The van der Waals surface area contributed by atoms with Crippen LogP contribution in [0.15, 0.2) is 6.07 Å². The Labute approximate surface area is 106 Å². The average Bonchev–Trinajstić information content (AvgIpc) is 2.17. The van der Waals surface area contributed by atoms with Gasteiger partial charge in [-0.3, -0.25) is 9.59 Å². The van der Waals surface area contributed by atoms with Crippen molar-refractivity contribution in [2.45, 2.75) is 40.0 Å². The highest BCUT2D eigenvalue weighted by Gasteiger charge is 2.29. The first-order valence-corrected chi connectivity index (χ1v) is 5.68. The van der Waals surface area contributed by atoms with Crippen LogP contribution in [0.1, 0.15) is 60.9 Å². The maximum Gasteiger partial charge on any atom is 0.163 e. The second-order valence-corrected chi connectivity index (χ2v) is 5.40. The van der Waals surface area contributed by atoms with Crippen molar-refractivity contribution in [3.8, 4) is 11.5 Å². The molecule has 0 aliphatic rings. The van der Waals surface area contributed by atoms with Crippen molar-refractivity contribution in [3.05, 3.63) is 22.8 Å². The lowest BCUT2D eigenvalue weighted by Crippen LogP contribution is -2.17. The van der Waals surface area contributed by atoms with Crippen LogP contribution in [0.25, 0.3) is 0 Å². The molecule has 0 atom stereocenters. The van der Waals surface area contributed by atoms with Crippen molar-refractivity contribution in [2.24, 2.45) is 0 Å². The van der Waals surface area contributed by atoms with Crippen LogP contribution in [-0.2, 0) is 5.41 Å². The van der Waals surface area contributed by atoms with Gasteiger partial charge in [-0.2, -0.15) is 0 Å². The van der Waals surface area contributed by atoms with Gasteiger partial charge in [0, 0.05) is 5.56 Å². The predicted molar refractivity (Wildman–Crippen MR) is 68.5 cm³/mol. The number of carbonyl (C=O) groups excluding carboxylic acids is 2. The van der Waals surface area contributed by atoms with E-state index < -0.39 is 11.2 Å². The van der Waals surface area contributed by atoms with Crippen molar-refractivity contribution < 1.29 is 19.8 Å². The molecule has 0 saturated carbocycles. The summed E-state index contributed by atoms with van der Waals surface area (Å²) in [4.78, 5) is 23.1. The largest absolute Gasteiger partial charge is 0.508 e. The smallest absolute Gasteiger partial charge is 0.163 e. The van der Waals surface area contributed by atoms with Gasteiger partial charge in [0.15, 0.2) is 11.6 Å². The lowest BCUT2D eigenvalue weighted by atomic mass is 9.80. The summed E-state index contributed by atoms with van der Waals surface area (Å²) in [6, 6.07) is 1.21. The molecule has 0 aromatic heterocycles. The molecule has 0 spiro atoms. The molecule has 0 aliphatic heterocycles. The first-order valence-electron chi connectivity index (χ1n) is 5.68. The van der Waals surface area contributed by atoms with E-state index >= 15 is 0 Å². The molecule has 4 nitrogen and oxygen atoms in total. The zero-order chi connectivity index (χ0) is 14.2. The van der Waals surface area contributed by atoms with Gasteiger partial charge < -0.3 is 10.2 Å². The van der Waals surface area contributed by atoms with Crippen molar-refractivity contribution in [1.82, 2.24) is 0 Å². The predicted octanol–water partition coefficient (Wildman–Crippen LogP) is 2.80. The Kier molecular flexibility index (Phi) is 3.51. The number of Topliss-reactive ketones (excluding diaryl/α,β-unsaturated/α-hetero) is 2. The van der Waals surface area contributed by atoms with Crippen LogP contribution in [-0.4, -0.2) is 21.8 Å². The molecule has 1 aromatic carbocycles. The third-order valence-electron chi connectivity index (χ3n) is 2.76. The molecule has 1 rings (SSSR count). The molecule has 2 N–H and O–H groups in total. The maximum absolute atomic E-state index is 11.7. The van der Waals surface area contributed by atoms with Crippen LogP contribution in [0.2, 0.25) is 0 Å². The minimum absolute atomic E-state index is 0.0210. The van der Waals surface area contributed by atoms with E-state index in [0.29, 0.717) is 5.56 Å². The minimum atomic E-state index is -0.516. The fraction of sp³-hybridized carbons (Fsp3) is 0.429. The van der Waals surface area contributed by atoms with Crippen molar-refractivity contribution in [1.29, 1.82) is 0 Å². The molecule has 0 radical (unpaired) electrons. The Hall–Kier alpha value is -1.84. The lowest BCUT2D eigenvalue weighted by Gasteiger charge is -2.24. The highest BCUT2D eigenvalue weighted by molar-refractivity contribution is 6.05. The molecular formula is C14H18O4. The normalized spacial score (nSPS) is 11.4. The second-order valence-electron chi connectivity index (χ2n) is 5.40. The Morgan fingerprint density at radius 2 is 1.56 bits per heavy atom. The molecule has 0 amide bonds. The molecule has 0 unspecified atom stereocenters. The first-order chi connectivity index (χ1) is 8.07. The van der Waals surface area contributed by atoms with E-state index in [-0.39, 0.29) is 28.4 Å². The number of hydrogen-bond donors (Lipinski definition) is 2. The molecule has 0 bridgehead atoms. The van der Waals surface area contributed by atoms with Gasteiger partial charge in [0.05, 0.1) is 11.1 Å². The van der Waals surface area contributed by atoms with Gasteiger partial charge in [0.25, 0.3) is 0 Å². The highest BCUT2D eigenvalue weighted by atomic mass is 16.3. The fourth-order valence-electron chi connectivity index (χ4n) is 2.03. The summed E-state index contributed by atoms with van der Waals surface area (Å²) in [6.45, 7) is 8.03. The van der Waals surface area contributed by atoms with Gasteiger partial charge >= 0.3 is 0 Å². The summed E-state index contributed by atoms with van der Waals surface area (Å²) in [5.41, 5.74) is -0.173. The van der Waals surface area contributed by atoms with Crippen LogP contribution in [0.3, 0.4) is 0 Å². The van der Waals surface area contributed by atoms with E-state index in [0.717, 1.165) is 0 Å². The molecule has 1 aromatic rings. The third-order valence-corrected chi connectivity index (χ3v) is 2.76. The molecule has 0 fully saturated rings. The maximum atomic E-state index is 11.7. The summed E-state index contributed by atoms with van der Waals surface area (Å²) in [6.07, 6.45) is 0. The first kappa shape index (κ1) is 14.2. The summed E-state index contributed by atoms with van der Waals surface area (Å²) >= 11 is 0. The number of ketones is 2. The Balaban J connectivity index is 3.80. The van der Waals surface area contributed by atoms with Crippen molar-refractivity contribution in [2.75, 3.05) is 0 Å². The van der Waals surface area contributed by atoms with Gasteiger partial charge in [0.1, 0.15) is 11.5 Å². The monoisotopic (exact) mass is 250 g/mol. The molecule has 0 saturated heterocycles. The summed E-state index contributed by atoms with van der Waals surface area (Å²) in [5.74, 6) is -1.27. The number of hydrogen-bond acceptors (Lipinski definition) is 4. The van der Waals surface area contributed by atoms with Gasteiger partial charge in [-0.15, -0.1) is 0 Å². The Morgan fingerprint density at radius 3 is 1.89 bits per heavy atom. The summed E-state index contributed by atoms with van der Waals surface area (Å²) in [7, 11) is 0. The minimum Gasteiger partial charge on any atom is -0.508 e. The van der Waals surface area contributed by atoms with Gasteiger partial charge in [-0.1, -0.05) is 20.8 Å². The van der Waals surface area contributed by atoms with Crippen LogP contribution in [0.4, 0.5) is 0 Å². The number of aromatic hydroxyl groups is 2. The highest BCUT2D eigenvalue weighted by Crippen LogP contribution is 2.40. The molecule has 4 heteroatoms. The quantitative estimate of drug-likeness (QED) is 0.625. The second kappa shape index (κ2) is 4.44. The number of benzene rings is 1. The van der Waals surface area contributed by atoms with Gasteiger partial charge in [-0.25, -0.2) is 0 Å². The van der Waals surface area contributed by atoms with E-state index in [1.54, 1.807) is 0 Å². The van der Waals surface area contributed by atoms with Crippen LogP contribution < -0.4 is 0 Å². The molecule has 98 valence electrons. The standard InChI is InChI=1S/C14H18O4/c1-7(15)9-6-10(17)12(14(3,4)5)11(8(2)16)13(9)18/h6,17-18H,1-5H3. The third kappa shape index (κ3) is 2.37. The molecule has 0 heterocycles. The summed E-state index contributed by atoms with van der Waals surface area (Å²) < 4.78 is 0. The average molecular weight is 250 g/mol. The van der Waals surface area contributed by atoms with Gasteiger partial charge in [-0.05, 0) is 25.3 Å². The van der Waals surface area contributed by atoms with Gasteiger partial charge in [0.2, 0.25) is 0 Å². The number of rotatable bonds is 2. The van der Waals surface area contributed by atoms with E-state index in [1.807, 2.05) is 20.8 Å². The Bertz CT molecular complexity index is 522. The molecule has 18 heavy (non-hydrogen) atoms. The van der Waals surface area contributed by atoms with Crippen LogP contribution >= 0.6 is 0 Å². The number of carbonyl (C=O) groups is 2. The molecule has 0 aliphatic carbocycles. The zero-order valence-electron chi connectivity index (χ0n) is 11.3. The SMILES string of the molecule is CC(=O)c1cc(O)c(C(C)(C)C)c(C(C)=O)c1O. The van der Waals surface area contributed by atoms with E-state index in [9.17, 15) is 19.8 Å². The molecular weight excluding hydrogens is 232 g/mol. The van der Waals surface area contributed by atoms with Crippen LogP contribution in [0.5, 0.6) is 11.5 Å². The Morgan fingerprint density at radius 1 is 1.06 bits per heavy atom. The van der Waals surface area contributed by atoms with Crippen LogP contribution in [0, 0.1) is 0 Å². The van der Waals surface area contributed by atoms with Crippen molar-refractivity contribution in [3.63, 3.8) is 0 Å². The topological polar surface area (TPSA) is 74.6 Å². The zero-order valence-corrected chi connectivity index (χ0v) is 11.3.